The Morgan fingerprint density at radius 1 is 1.15 bits per heavy atom. The summed E-state index contributed by atoms with van der Waals surface area (Å²) in [5.41, 5.74) is 7.60. The van der Waals surface area contributed by atoms with Gasteiger partial charge < -0.3 is 5.73 Å². The molecule has 0 bridgehead atoms. The van der Waals surface area contributed by atoms with Crippen LogP contribution in [0, 0.1) is 19.3 Å². The molecule has 0 aliphatic rings. The van der Waals surface area contributed by atoms with Crippen LogP contribution in [0.2, 0.25) is 0 Å². The summed E-state index contributed by atoms with van der Waals surface area (Å²) >= 11 is 0. The topological polar surface area (TPSA) is 60.2 Å². The molecule has 0 aliphatic heterocycles. The van der Waals surface area contributed by atoms with E-state index in [1.165, 1.54) is 0 Å². The molecular weight excluding hydrogens is 270 g/mol. The van der Waals surface area contributed by atoms with Crippen LogP contribution in [0.4, 0.5) is 0 Å². The zero-order chi connectivity index (χ0) is 15.4. The minimum Gasteiger partial charge on any atom is -0.330 e. The zero-order valence-corrected chi connectivity index (χ0v) is 13.9. The predicted octanol–water partition coefficient (Wildman–Crippen LogP) is 3.23. The lowest BCUT2D eigenvalue weighted by Crippen LogP contribution is -2.23. The van der Waals surface area contributed by atoms with Gasteiger partial charge in [-0.3, -0.25) is 0 Å². The minimum absolute atomic E-state index is 0.100. The number of sulfone groups is 1. The largest absolute Gasteiger partial charge is 0.330 e. The van der Waals surface area contributed by atoms with E-state index >= 15 is 0 Å². The highest BCUT2D eigenvalue weighted by Gasteiger charge is 2.19. The maximum absolute atomic E-state index is 12.4. The van der Waals surface area contributed by atoms with Gasteiger partial charge in [0.05, 0.1) is 10.6 Å². The first-order valence-corrected chi connectivity index (χ1v) is 8.83. The van der Waals surface area contributed by atoms with Crippen LogP contribution < -0.4 is 5.73 Å². The van der Waals surface area contributed by atoms with E-state index in [-0.39, 0.29) is 11.2 Å². The quantitative estimate of drug-likeness (QED) is 0.786. The summed E-state index contributed by atoms with van der Waals surface area (Å²) in [5.74, 6) is 0.220. The van der Waals surface area contributed by atoms with Crippen LogP contribution in [0.5, 0.6) is 0 Å². The molecule has 1 aromatic rings. The van der Waals surface area contributed by atoms with Gasteiger partial charge in [-0.15, -0.1) is 0 Å². The van der Waals surface area contributed by atoms with Gasteiger partial charge in [-0.25, -0.2) is 8.42 Å². The van der Waals surface area contributed by atoms with Crippen LogP contribution in [-0.4, -0.2) is 20.7 Å². The smallest absolute Gasteiger partial charge is 0.178 e. The van der Waals surface area contributed by atoms with Crippen LogP contribution in [0.15, 0.2) is 23.1 Å². The Labute approximate surface area is 123 Å². The number of unbranched alkanes of at least 4 members (excludes halogenated alkanes) is 1. The van der Waals surface area contributed by atoms with E-state index < -0.39 is 9.84 Å². The second kappa shape index (κ2) is 6.72. The van der Waals surface area contributed by atoms with Crippen LogP contribution in [-0.2, 0) is 9.84 Å². The molecular formula is C16H27NO2S. The van der Waals surface area contributed by atoms with Crippen molar-refractivity contribution >= 4 is 9.84 Å². The molecule has 0 aliphatic carbocycles. The summed E-state index contributed by atoms with van der Waals surface area (Å²) in [6.45, 7) is 8.64. The summed E-state index contributed by atoms with van der Waals surface area (Å²) < 4.78 is 24.7. The Kier molecular flexibility index (Phi) is 5.78. The first kappa shape index (κ1) is 17.2. The number of aryl methyl sites for hydroxylation is 2. The van der Waals surface area contributed by atoms with Gasteiger partial charge in [-0.2, -0.15) is 0 Å². The third kappa shape index (κ3) is 4.91. The number of rotatable bonds is 7. The maximum Gasteiger partial charge on any atom is 0.178 e. The van der Waals surface area contributed by atoms with Gasteiger partial charge in [-0.1, -0.05) is 32.4 Å². The maximum atomic E-state index is 12.4. The Bertz CT molecular complexity index is 548. The summed E-state index contributed by atoms with van der Waals surface area (Å²) in [4.78, 5) is 0.482. The van der Waals surface area contributed by atoms with E-state index in [1.54, 1.807) is 6.07 Å². The van der Waals surface area contributed by atoms with Crippen molar-refractivity contribution in [1.82, 2.24) is 0 Å². The first-order chi connectivity index (χ1) is 9.18. The van der Waals surface area contributed by atoms with Crippen molar-refractivity contribution in [2.24, 2.45) is 11.1 Å². The lowest BCUT2D eigenvalue weighted by molar-refractivity contribution is 0.335. The Morgan fingerprint density at radius 3 is 2.40 bits per heavy atom. The molecule has 1 rings (SSSR count). The molecule has 2 N–H and O–H groups in total. The van der Waals surface area contributed by atoms with Gasteiger partial charge in [0.25, 0.3) is 0 Å². The van der Waals surface area contributed by atoms with Crippen LogP contribution in [0.1, 0.15) is 44.2 Å². The van der Waals surface area contributed by atoms with Crippen molar-refractivity contribution in [2.75, 3.05) is 12.3 Å². The van der Waals surface area contributed by atoms with E-state index in [4.69, 9.17) is 5.73 Å². The van der Waals surface area contributed by atoms with Gasteiger partial charge in [-0.05, 0) is 55.8 Å². The van der Waals surface area contributed by atoms with Crippen LogP contribution in [0.25, 0.3) is 0 Å². The molecule has 0 aromatic heterocycles. The molecule has 0 amide bonds. The molecule has 114 valence electrons. The summed E-state index contributed by atoms with van der Waals surface area (Å²) in [6.07, 6.45) is 2.55. The SMILES string of the molecule is Cc1ccc(C)c(S(=O)(=O)CCCCC(C)(C)CN)c1. The van der Waals surface area contributed by atoms with Gasteiger partial charge >= 0.3 is 0 Å². The predicted molar refractivity (Wildman–Crippen MR) is 84.7 cm³/mol. The van der Waals surface area contributed by atoms with Gasteiger partial charge in [0.1, 0.15) is 0 Å². The van der Waals surface area contributed by atoms with Gasteiger partial charge in [0, 0.05) is 0 Å². The lowest BCUT2D eigenvalue weighted by Gasteiger charge is -2.21. The molecule has 0 heterocycles. The number of benzene rings is 1. The molecule has 20 heavy (non-hydrogen) atoms. The van der Waals surface area contributed by atoms with Crippen molar-refractivity contribution in [1.29, 1.82) is 0 Å². The molecule has 0 saturated heterocycles. The average Bonchev–Trinajstić information content (AvgIpc) is 2.37. The number of nitrogens with two attached hydrogens (primary N) is 1. The molecule has 0 spiro atoms. The average molecular weight is 297 g/mol. The fraction of sp³-hybridized carbons (Fsp3) is 0.625. The van der Waals surface area contributed by atoms with Crippen molar-refractivity contribution < 1.29 is 8.42 Å². The van der Waals surface area contributed by atoms with Gasteiger partial charge in [0.2, 0.25) is 0 Å². The van der Waals surface area contributed by atoms with Crippen molar-refractivity contribution in [2.45, 2.75) is 51.9 Å². The molecule has 3 nitrogen and oxygen atoms in total. The zero-order valence-electron chi connectivity index (χ0n) is 13.1. The standard InChI is InChI=1S/C16H27NO2S/c1-13-7-8-14(2)15(11-13)20(18,19)10-6-5-9-16(3,4)12-17/h7-8,11H,5-6,9-10,12,17H2,1-4H3. The molecule has 4 heteroatoms. The molecule has 0 atom stereocenters. The summed E-state index contributed by atoms with van der Waals surface area (Å²) in [6, 6.07) is 5.59. The van der Waals surface area contributed by atoms with Crippen molar-refractivity contribution in [3.63, 3.8) is 0 Å². The summed E-state index contributed by atoms with van der Waals surface area (Å²) in [5, 5.41) is 0. The monoisotopic (exact) mass is 297 g/mol. The Hall–Kier alpha value is -0.870. The second-order valence-corrected chi connectivity index (χ2v) is 8.49. The van der Waals surface area contributed by atoms with E-state index in [9.17, 15) is 8.42 Å². The van der Waals surface area contributed by atoms with Crippen LogP contribution >= 0.6 is 0 Å². The Balaban J connectivity index is 2.65. The minimum atomic E-state index is -3.17. The van der Waals surface area contributed by atoms with Crippen molar-refractivity contribution in [3.8, 4) is 0 Å². The molecule has 1 aromatic carbocycles. The van der Waals surface area contributed by atoms with E-state index in [0.29, 0.717) is 17.9 Å². The van der Waals surface area contributed by atoms with Crippen molar-refractivity contribution in [3.05, 3.63) is 29.3 Å². The number of hydrogen-bond acceptors (Lipinski definition) is 3. The molecule has 0 unspecified atom stereocenters. The van der Waals surface area contributed by atoms with Gasteiger partial charge in [0.15, 0.2) is 9.84 Å². The third-order valence-corrected chi connectivity index (χ3v) is 5.68. The molecule has 0 saturated carbocycles. The molecule has 0 radical (unpaired) electrons. The third-order valence-electron chi connectivity index (χ3n) is 3.75. The molecule has 0 fully saturated rings. The fourth-order valence-electron chi connectivity index (χ4n) is 2.15. The summed E-state index contributed by atoms with van der Waals surface area (Å²) in [7, 11) is -3.17. The van der Waals surface area contributed by atoms with E-state index in [0.717, 1.165) is 24.0 Å². The second-order valence-electron chi connectivity index (χ2n) is 6.41. The van der Waals surface area contributed by atoms with E-state index in [1.807, 2.05) is 26.0 Å². The van der Waals surface area contributed by atoms with Crippen LogP contribution in [0.3, 0.4) is 0 Å². The first-order valence-electron chi connectivity index (χ1n) is 7.18. The lowest BCUT2D eigenvalue weighted by atomic mass is 9.88. The Morgan fingerprint density at radius 2 is 1.80 bits per heavy atom. The highest BCUT2D eigenvalue weighted by molar-refractivity contribution is 7.91. The normalized spacial score (nSPS) is 12.7. The highest BCUT2D eigenvalue weighted by Crippen LogP contribution is 2.23. The number of hydrogen-bond donors (Lipinski definition) is 1. The van der Waals surface area contributed by atoms with E-state index in [2.05, 4.69) is 13.8 Å². The highest BCUT2D eigenvalue weighted by atomic mass is 32.2. The fourth-order valence-corrected chi connectivity index (χ4v) is 3.88.